The number of aromatic carboxylic acids is 1. The van der Waals surface area contributed by atoms with Crippen LogP contribution < -0.4 is 0 Å². The number of hydrogen-bond acceptors (Lipinski definition) is 2. The number of phenolic OH excluding ortho intramolecular Hbond substituents is 1. The van der Waals surface area contributed by atoms with Gasteiger partial charge in [-0.2, -0.15) is 0 Å². The van der Waals surface area contributed by atoms with Crippen LogP contribution in [0.5, 0.6) is 5.75 Å². The summed E-state index contributed by atoms with van der Waals surface area (Å²) in [4.78, 5) is 10.9. The number of aromatic hydroxyl groups is 1. The van der Waals surface area contributed by atoms with Crippen LogP contribution in [-0.2, 0) is 7.05 Å². The second-order valence-electron chi connectivity index (χ2n) is 3.52. The SMILES string of the molecule is Cn1c(C(=O)O)ccc1-c1cccc(O)c1. The maximum atomic E-state index is 10.9. The molecule has 0 bridgehead atoms. The summed E-state index contributed by atoms with van der Waals surface area (Å²) in [6, 6.07) is 9.98. The zero-order valence-electron chi connectivity index (χ0n) is 8.71. The average molecular weight is 217 g/mol. The largest absolute Gasteiger partial charge is 0.508 e. The van der Waals surface area contributed by atoms with E-state index in [4.69, 9.17) is 5.11 Å². The van der Waals surface area contributed by atoms with E-state index in [1.807, 2.05) is 6.07 Å². The van der Waals surface area contributed by atoms with Gasteiger partial charge in [-0.05, 0) is 24.3 Å². The first kappa shape index (κ1) is 10.3. The highest BCUT2D eigenvalue weighted by Gasteiger charge is 2.11. The van der Waals surface area contributed by atoms with Gasteiger partial charge < -0.3 is 14.8 Å². The quantitative estimate of drug-likeness (QED) is 0.809. The summed E-state index contributed by atoms with van der Waals surface area (Å²) < 4.78 is 1.58. The van der Waals surface area contributed by atoms with E-state index >= 15 is 0 Å². The van der Waals surface area contributed by atoms with E-state index < -0.39 is 5.97 Å². The number of aromatic nitrogens is 1. The fourth-order valence-corrected chi connectivity index (χ4v) is 1.68. The highest BCUT2D eigenvalue weighted by Crippen LogP contribution is 2.24. The number of nitrogens with zero attached hydrogens (tertiary/aromatic N) is 1. The minimum absolute atomic E-state index is 0.163. The molecule has 4 nitrogen and oxygen atoms in total. The van der Waals surface area contributed by atoms with Gasteiger partial charge in [0.2, 0.25) is 0 Å². The number of hydrogen-bond donors (Lipinski definition) is 2. The monoisotopic (exact) mass is 217 g/mol. The molecule has 0 radical (unpaired) electrons. The number of carbonyl (C=O) groups is 1. The normalized spacial score (nSPS) is 10.3. The highest BCUT2D eigenvalue weighted by molar-refractivity contribution is 5.87. The molecule has 0 aliphatic rings. The molecule has 2 rings (SSSR count). The maximum Gasteiger partial charge on any atom is 0.352 e. The van der Waals surface area contributed by atoms with Crippen LogP contribution in [0.15, 0.2) is 36.4 Å². The van der Waals surface area contributed by atoms with E-state index in [1.54, 1.807) is 41.9 Å². The van der Waals surface area contributed by atoms with Crippen molar-refractivity contribution in [3.63, 3.8) is 0 Å². The molecule has 82 valence electrons. The third kappa shape index (κ3) is 1.65. The molecule has 0 saturated heterocycles. The molecular weight excluding hydrogens is 206 g/mol. The van der Waals surface area contributed by atoms with Gasteiger partial charge in [-0.3, -0.25) is 0 Å². The summed E-state index contributed by atoms with van der Waals surface area (Å²) in [5, 5.41) is 18.3. The summed E-state index contributed by atoms with van der Waals surface area (Å²) in [5.74, 6) is -0.801. The Bertz CT molecular complexity index is 543. The van der Waals surface area contributed by atoms with Crippen LogP contribution in [0.3, 0.4) is 0 Å². The molecule has 2 N–H and O–H groups in total. The summed E-state index contributed by atoms with van der Waals surface area (Å²) in [7, 11) is 1.68. The van der Waals surface area contributed by atoms with Crippen LogP contribution in [0.1, 0.15) is 10.5 Å². The van der Waals surface area contributed by atoms with Gasteiger partial charge >= 0.3 is 5.97 Å². The summed E-state index contributed by atoms with van der Waals surface area (Å²) in [5.41, 5.74) is 1.77. The molecule has 0 aliphatic heterocycles. The molecule has 0 atom stereocenters. The molecule has 0 fully saturated rings. The van der Waals surface area contributed by atoms with E-state index in [9.17, 15) is 9.90 Å². The third-order valence-electron chi connectivity index (χ3n) is 2.48. The summed E-state index contributed by atoms with van der Waals surface area (Å²) in [6.07, 6.45) is 0. The first-order valence-electron chi connectivity index (χ1n) is 4.78. The molecule has 2 aromatic rings. The minimum atomic E-state index is -0.964. The van der Waals surface area contributed by atoms with E-state index in [0.29, 0.717) is 0 Å². The lowest BCUT2D eigenvalue weighted by Crippen LogP contribution is -2.04. The topological polar surface area (TPSA) is 62.5 Å². The van der Waals surface area contributed by atoms with Crippen LogP contribution in [0.4, 0.5) is 0 Å². The Balaban J connectivity index is 2.53. The smallest absolute Gasteiger partial charge is 0.352 e. The van der Waals surface area contributed by atoms with Crippen LogP contribution in [0, 0.1) is 0 Å². The van der Waals surface area contributed by atoms with Gasteiger partial charge in [-0.1, -0.05) is 12.1 Å². The Labute approximate surface area is 92.4 Å². The predicted molar refractivity (Wildman–Crippen MR) is 59.5 cm³/mol. The van der Waals surface area contributed by atoms with E-state index in [2.05, 4.69) is 0 Å². The number of phenols is 1. The Morgan fingerprint density at radius 3 is 2.56 bits per heavy atom. The number of benzene rings is 1. The van der Waals surface area contributed by atoms with Crippen molar-refractivity contribution in [3.05, 3.63) is 42.1 Å². The molecule has 1 aromatic heterocycles. The van der Waals surface area contributed by atoms with Gasteiger partial charge in [0.15, 0.2) is 0 Å². The molecule has 1 heterocycles. The molecule has 1 aromatic carbocycles. The Morgan fingerprint density at radius 2 is 2.00 bits per heavy atom. The molecule has 0 spiro atoms. The number of carboxylic acid groups (broad SMARTS) is 1. The van der Waals surface area contributed by atoms with Crippen LogP contribution in [-0.4, -0.2) is 20.7 Å². The van der Waals surface area contributed by atoms with Crippen molar-refractivity contribution in [1.82, 2.24) is 4.57 Å². The zero-order valence-corrected chi connectivity index (χ0v) is 8.71. The van der Waals surface area contributed by atoms with Gasteiger partial charge in [0.1, 0.15) is 11.4 Å². The van der Waals surface area contributed by atoms with Gasteiger partial charge in [0.05, 0.1) is 0 Å². The zero-order chi connectivity index (χ0) is 11.7. The summed E-state index contributed by atoms with van der Waals surface area (Å²) >= 11 is 0. The van der Waals surface area contributed by atoms with Crippen molar-refractivity contribution in [2.45, 2.75) is 0 Å². The first-order chi connectivity index (χ1) is 7.59. The standard InChI is InChI=1S/C12H11NO3/c1-13-10(5-6-11(13)12(15)16)8-3-2-4-9(14)7-8/h2-7,14H,1H3,(H,15,16). The number of carboxylic acids is 1. The molecule has 0 amide bonds. The van der Waals surface area contributed by atoms with E-state index in [-0.39, 0.29) is 11.4 Å². The van der Waals surface area contributed by atoms with Crippen LogP contribution >= 0.6 is 0 Å². The van der Waals surface area contributed by atoms with Crippen molar-refractivity contribution in [2.24, 2.45) is 7.05 Å². The highest BCUT2D eigenvalue weighted by atomic mass is 16.4. The van der Waals surface area contributed by atoms with Gasteiger partial charge in [0, 0.05) is 18.3 Å². The fraction of sp³-hybridized carbons (Fsp3) is 0.0833. The number of rotatable bonds is 2. The lowest BCUT2D eigenvalue weighted by atomic mass is 10.1. The Kier molecular flexibility index (Phi) is 2.40. The third-order valence-corrected chi connectivity index (χ3v) is 2.48. The van der Waals surface area contributed by atoms with E-state index in [1.165, 1.54) is 0 Å². The van der Waals surface area contributed by atoms with Crippen molar-refractivity contribution in [2.75, 3.05) is 0 Å². The van der Waals surface area contributed by atoms with E-state index in [0.717, 1.165) is 11.3 Å². The van der Waals surface area contributed by atoms with Crippen molar-refractivity contribution in [3.8, 4) is 17.0 Å². The van der Waals surface area contributed by atoms with Crippen molar-refractivity contribution in [1.29, 1.82) is 0 Å². The molecule has 0 saturated carbocycles. The molecule has 4 heteroatoms. The minimum Gasteiger partial charge on any atom is -0.508 e. The van der Waals surface area contributed by atoms with Gasteiger partial charge in [0.25, 0.3) is 0 Å². The second-order valence-corrected chi connectivity index (χ2v) is 3.52. The second kappa shape index (κ2) is 3.73. The van der Waals surface area contributed by atoms with Crippen LogP contribution in [0.25, 0.3) is 11.3 Å². The lowest BCUT2D eigenvalue weighted by molar-refractivity contribution is 0.0687. The fourth-order valence-electron chi connectivity index (χ4n) is 1.68. The van der Waals surface area contributed by atoms with Crippen molar-refractivity contribution < 1.29 is 15.0 Å². The Hall–Kier alpha value is -2.23. The predicted octanol–water partition coefficient (Wildman–Crippen LogP) is 2.10. The van der Waals surface area contributed by atoms with Crippen molar-refractivity contribution >= 4 is 5.97 Å². The average Bonchev–Trinajstić information content (AvgIpc) is 2.60. The first-order valence-corrected chi connectivity index (χ1v) is 4.78. The molecule has 16 heavy (non-hydrogen) atoms. The maximum absolute atomic E-state index is 10.9. The molecule has 0 unspecified atom stereocenters. The lowest BCUT2D eigenvalue weighted by Gasteiger charge is -2.05. The van der Waals surface area contributed by atoms with Gasteiger partial charge in [-0.15, -0.1) is 0 Å². The van der Waals surface area contributed by atoms with Crippen LogP contribution in [0.2, 0.25) is 0 Å². The van der Waals surface area contributed by atoms with Gasteiger partial charge in [-0.25, -0.2) is 4.79 Å². The summed E-state index contributed by atoms with van der Waals surface area (Å²) in [6.45, 7) is 0. The molecule has 0 aliphatic carbocycles. The Morgan fingerprint density at radius 1 is 1.25 bits per heavy atom. The molecular formula is C12H11NO3.